The van der Waals surface area contributed by atoms with Crippen LogP contribution in [0.4, 0.5) is 5.69 Å². The molecule has 44 heavy (non-hydrogen) atoms. The number of aliphatic hydroxyl groups is 1. The Morgan fingerprint density at radius 1 is 1.16 bits per heavy atom. The van der Waals surface area contributed by atoms with Crippen molar-refractivity contribution in [3.8, 4) is 23.3 Å². The zero-order chi connectivity index (χ0) is 31.3. The Morgan fingerprint density at radius 3 is 2.73 bits per heavy atom. The summed E-state index contributed by atoms with van der Waals surface area (Å²) < 4.78 is 19.0. The molecule has 10 nitrogen and oxygen atoms in total. The summed E-state index contributed by atoms with van der Waals surface area (Å²) >= 11 is 0. The van der Waals surface area contributed by atoms with Gasteiger partial charge in [0.25, 0.3) is 0 Å². The van der Waals surface area contributed by atoms with Crippen molar-refractivity contribution in [2.45, 2.75) is 26.8 Å². The molecule has 1 aliphatic heterocycles. The molecule has 0 spiro atoms. The molecule has 1 fully saturated rings. The molecule has 0 unspecified atom stereocenters. The number of piperazine rings is 1. The van der Waals surface area contributed by atoms with Gasteiger partial charge >= 0.3 is 0 Å². The van der Waals surface area contributed by atoms with Crippen LogP contribution in [0, 0.1) is 18.3 Å². The van der Waals surface area contributed by atoms with E-state index < -0.39 is 0 Å². The first-order chi connectivity index (χ1) is 21.5. The smallest absolute Gasteiger partial charge is 0.241 e. The molecule has 3 aromatic rings. The first kappa shape index (κ1) is 32.1. The van der Waals surface area contributed by atoms with E-state index >= 15 is 0 Å². The van der Waals surface area contributed by atoms with Gasteiger partial charge in [0.2, 0.25) is 5.91 Å². The number of rotatable bonds is 14. The number of nitrogens with zero attached hydrogens (tertiary/aromatic N) is 5. The lowest BCUT2D eigenvalue weighted by molar-refractivity contribution is -0.121. The monoisotopic (exact) mass is 597 g/mol. The summed E-state index contributed by atoms with van der Waals surface area (Å²) in [7, 11) is 1.62. The maximum Gasteiger partial charge on any atom is 0.241 e. The van der Waals surface area contributed by atoms with E-state index in [-0.39, 0.29) is 19.1 Å². The molecule has 4 rings (SSSR count). The van der Waals surface area contributed by atoms with E-state index in [0.717, 1.165) is 36.7 Å². The first-order valence-corrected chi connectivity index (χ1v) is 14.6. The number of para-hydroxylation sites is 2. The van der Waals surface area contributed by atoms with Crippen LogP contribution in [0.15, 0.2) is 90.4 Å². The maximum absolute atomic E-state index is 13.0. The number of anilines is 1. The Kier molecular flexibility index (Phi) is 11.8. The summed E-state index contributed by atoms with van der Waals surface area (Å²) in [6, 6.07) is 16.9. The van der Waals surface area contributed by atoms with Crippen LogP contribution in [0.2, 0.25) is 0 Å². The minimum atomic E-state index is -0.0806. The van der Waals surface area contributed by atoms with Crippen molar-refractivity contribution in [1.82, 2.24) is 14.5 Å². The molecule has 0 saturated carbocycles. The maximum atomic E-state index is 13.0. The van der Waals surface area contributed by atoms with Gasteiger partial charge in [0.05, 0.1) is 31.5 Å². The number of amides is 1. The number of aromatic nitrogens is 2. The van der Waals surface area contributed by atoms with Crippen LogP contribution < -0.4 is 19.1 Å². The van der Waals surface area contributed by atoms with E-state index in [2.05, 4.69) is 20.5 Å². The topological polar surface area (TPSA) is 113 Å². The van der Waals surface area contributed by atoms with Gasteiger partial charge in [0.1, 0.15) is 41.5 Å². The Morgan fingerprint density at radius 2 is 1.98 bits per heavy atom. The molecule has 230 valence electrons. The molecule has 1 aliphatic rings. The Labute approximate surface area is 258 Å². The highest BCUT2D eigenvalue weighted by Gasteiger charge is 2.26. The van der Waals surface area contributed by atoms with Gasteiger partial charge in [0, 0.05) is 50.6 Å². The number of ether oxygens (including phenoxy) is 3. The third-order valence-electron chi connectivity index (χ3n) is 7.23. The predicted octanol–water partition coefficient (Wildman–Crippen LogP) is 4.45. The number of hydrogen-bond acceptors (Lipinski definition) is 8. The summed E-state index contributed by atoms with van der Waals surface area (Å²) in [5.74, 6) is 3.18. The van der Waals surface area contributed by atoms with Crippen LogP contribution in [0.25, 0.3) is 0 Å². The number of allylic oxidation sites excluding steroid dienone is 5. The fourth-order valence-corrected chi connectivity index (χ4v) is 4.95. The highest BCUT2D eigenvalue weighted by atomic mass is 16.5. The van der Waals surface area contributed by atoms with Gasteiger partial charge in [-0.2, -0.15) is 5.26 Å². The number of aliphatic hydroxyl groups excluding tert-OH is 1. The van der Waals surface area contributed by atoms with Crippen molar-refractivity contribution in [3.63, 3.8) is 0 Å². The largest absolute Gasteiger partial charge is 0.495 e. The van der Waals surface area contributed by atoms with Gasteiger partial charge in [-0.1, -0.05) is 30.4 Å². The molecule has 0 radical (unpaired) electrons. The van der Waals surface area contributed by atoms with Gasteiger partial charge in [-0.3, -0.25) is 9.69 Å². The molecule has 1 amide bonds. The van der Waals surface area contributed by atoms with Crippen molar-refractivity contribution >= 4 is 11.6 Å². The molecule has 2 aromatic carbocycles. The number of methoxy groups -OCH3 is 1. The fraction of sp³-hybridized carbons (Fsp3) is 0.324. The van der Waals surface area contributed by atoms with Gasteiger partial charge in [-0.05, 0) is 50.3 Å². The lowest BCUT2D eigenvalue weighted by Crippen LogP contribution is -2.51. The highest BCUT2D eigenvalue weighted by Crippen LogP contribution is 2.29. The molecule has 10 heteroatoms. The average Bonchev–Trinajstić information content (AvgIpc) is 3.40. The predicted molar refractivity (Wildman–Crippen MR) is 169 cm³/mol. The second-order valence-electron chi connectivity index (χ2n) is 10.1. The molecular formula is C34H39N5O5. The molecule has 1 N–H and O–H groups in total. The van der Waals surface area contributed by atoms with Gasteiger partial charge in [-0.25, -0.2) is 4.98 Å². The van der Waals surface area contributed by atoms with Crippen LogP contribution in [-0.4, -0.2) is 72.0 Å². The number of carbonyl (C=O) groups is 1. The fourth-order valence-electron chi connectivity index (χ4n) is 4.95. The lowest BCUT2D eigenvalue weighted by Gasteiger charge is -2.34. The van der Waals surface area contributed by atoms with Crippen molar-refractivity contribution in [1.29, 1.82) is 5.26 Å². The molecule has 0 aliphatic carbocycles. The first-order valence-electron chi connectivity index (χ1n) is 14.6. The summed E-state index contributed by atoms with van der Waals surface area (Å²) in [6.07, 6.45) is 9.92. The van der Waals surface area contributed by atoms with Gasteiger partial charge < -0.3 is 28.8 Å². The Balaban J connectivity index is 1.33. The number of imidazole rings is 1. The molecule has 0 atom stereocenters. The number of benzene rings is 2. The molecule has 2 heterocycles. The van der Waals surface area contributed by atoms with Gasteiger partial charge in [-0.15, -0.1) is 0 Å². The molecule has 1 aromatic heterocycles. The third kappa shape index (κ3) is 8.37. The average molecular weight is 598 g/mol. The number of carbonyl (C=O) groups excluding carboxylic acids is 1. The third-order valence-corrected chi connectivity index (χ3v) is 7.23. The Bertz CT molecular complexity index is 1550. The van der Waals surface area contributed by atoms with E-state index in [1.807, 2.05) is 56.5 Å². The molecule has 1 saturated heterocycles. The minimum Gasteiger partial charge on any atom is -0.495 e. The summed E-state index contributed by atoms with van der Waals surface area (Å²) in [5, 5.41) is 18.8. The number of nitriles is 1. The van der Waals surface area contributed by atoms with Crippen LogP contribution in [0.3, 0.4) is 0 Å². The summed E-state index contributed by atoms with van der Waals surface area (Å²) in [6.45, 7) is 6.94. The summed E-state index contributed by atoms with van der Waals surface area (Å²) in [4.78, 5) is 21.5. The van der Waals surface area contributed by atoms with E-state index in [1.54, 1.807) is 48.4 Å². The SMILES string of the molecule is C\C=C(Oc1cccc(OCCO)c1)/C(C#N)=C\C=C\Cn1c(CCN2CCN(c3ccccc3OC)C(=O)C2)cnc1C. The lowest BCUT2D eigenvalue weighted by atomic mass is 10.2. The van der Waals surface area contributed by atoms with Crippen LogP contribution in [0.1, 0.15) is 18.4 Å². The van der Waals surface area contributed by atoms with Gasteiger partial charge in [0.15, 0.2) is 0 Å². The second kappa shape index (κ2) is 16.1. The quantitative estimate of drug-likeness (QED) is 0.165. The minimum absolute atomic E-state index is 0.0562. The van der Waals surface area contributed by atoms with Crippen LogP contribution >= 0.6 is 0 Å². The van der Waals surface area contributed by atoms with Crippen LogP contribution in [0.5, 0.6) is 17.2 Å². The van der Waals surface area contributed by atoms with Crippen molar-refractivity contribution in [2.75, 3.05) is 51.4 Å². The van der Waals surface area contributed by atoms with Crippen molar-refractivity contribution < 1.29 is 24.1 Å². The number of aryl methyl sites for hydroxylation is 1. The van der Waals surface area contributed by atoms with E-state index in [4.69, 9.17) is 19.3 Å². The highest BCUT2D eigenvalue weighted by molar-refractivity contribution is 5.96. The van der Waals surface area contributed by atoms with Crippen molar-refractivity contribution in [2.24, 2.45) is 0 Å². The summed E-state index contributed by atoms with van der Waals surface area (Å²) in [5.41, 5.74) is 2.27. The molecule has 0 bridgehead atoms. The molecular weight excluding hydrogens is 558 g/mol. The zero-order valence-corrected chi connectivity index (χ0v) is 25.5. The Hall–Kier alpha value is -4.85. The number of hydrogen-bond donors (Lipinski definition) is 1. The standard InChI is InChI=1S/C34H39N5O5/c1-4-32(44-30-12-9-11-29(22-30)43-21-20-40)27(23-35)10-7-8-16-38-26(2)36-24-28(38)15-17-37-18-19-39(34(41)25-37)31-13-5-6-14-33(31)42-3/h4-14,22,24,40H,15-21,25H2,1-3H3/b8-7+,27-10-,32-4+. The van der Waals surface area contributed by atoms with Crippen molar-refractivity contribution in [3.05, 3.63) is 102 Å². The van der Waals surface area contributed by atoms with Crippen LogP contribution in [-0.2, 0) is 17.8 Å². The van der Waals surface area contributed by atoms with E-state index in [0.29, 0.717) is 48.2 Å². The van der Waals surface area contributed by atoms with E-state index in [9.17, 15) is 10.1 Å². The van der Waals surface area contributed by atoms with E-state index in [1.165, 1.54) is 0 Å². The second-order valence-corrected chi connectivity index (χ2v) is 10.1. The zero-order valence-electron chi connectivity index (χ0n) is 25.5. The normalized spacial score (nSPS) is 14.6.